The number of aromatic amines is 1. The topological polar surface area (TPSA) is 142 Å². The average molecular weight is 328 g/mol. The lowest BCUT2D eigenvalue weighted by Gasteiger charge is -2.17. The highest BCUT2D eigenvalue weighted by molar-refractivity contribution is 5.95. The van der Waals surface area contributed by atoms with Crippen LogP contribution in [0.1, 0.15) is 42.8 Å². The number of aromatic nitrogens is 2. The number of carbonyl (C=O) groups is 1. The van der Waals surface area contributed by atoms with Gasteiger partial charge in [-0.3, -0.25) is 19.1 Å². The first-order valence-corrected chi connectivity index (χ1v) is 7.41. The minimum absolute atomic E-state index is 0.160. The monoisotopic (exact) mass is 328 g/mol. The number of aliphatic hydroxyl groups excluding tert-OH is 3. The summed E-state index contributed by atoms with van der Waals surface area (Å²) >= 11 is 0. The van der Waals surface area contributed by atoms with Gasteiger partial charge in [0.1, 0.15) is 18.3 Å². The van der Waals surface area contributed by atoms with Crippen molar-refractivity contribution < 1.29 is 24.9 Å². The number of hydrogen-bond donors (Lipinski definition) is 4. The summed E-state index contributed by atoms with van der Waals surface area (Å²) in [5, 5.41) is 28.8. The lowest BCUT2D eigenvalue weighted by atomic mass is 10.1. The summed E-state index contributed by atoms with van der Waals surface area (Å²) in [5.74, 6) is -0.423. The van der Waals surface area contributed by atoms with Gasteiger partial charge in [-0.25, -0.2) is 4.79 Å². The number of H-pyrrole nitrogens is 1. The molecule has 23 heavy (non-hydrogen) atoms. The van der Waals surface area contributed by atoms with Crippen molar-refractivity contribution in [3.63, 3.8) is 0 Å². The van der Waals surface area contributed by atoms with Crippen LogP contribution in [0, 0.1) is 0 Å². The number of ketones is 1. The Bertz CT molecular complexity index is 680. The van der Waals surface area contributed by atoms with Crippen molar-refractivity contribution in [2.75, 3.05) is 6.61 Å². The molecule has 1 saturated heterocycles. The number of nitrogens with zero attached hydrogens (tertiary/aromatic N) is 1. The summed E-state index contributed by atoms with van der Waals surface area (Å²) in [4.78, 5) is 37.8. The highest BCUT2D eigenvalue weighted by Gasteiger charge is 2.43. The Balaban J connectivity index is 2.38. The highest BCUT2D eigenvalue weighted by Crippen LogP contribution is 2.28. The van der Waals surface area contributed by atoms with E-state index in [4.69, 9.17) is 9.84 Å². The first kappa shape index (κ1) is 17.5. The van der Waals surface area contributed by atoms with Crippen LogP contribution in [0.25, 0.3) is 0 Å². The van der Waals surface area contributed by atoms with E-state index in [0.29, 0.717) is 6.42 Å². The van der Waals surface area contributed by atoms with E-state index in [1.54, 1.807) is 0 Å². The Morgan fingerprint density at radius 2 is 2.04 bits per heavy atom. The van der Waals surface area contributed by atoms with Gasteiger partial charge < -0.3 is 20.1 Å². The fourth-order valence-electron chi connectivity index (χ4n) is 2.45. The molecule has 0 saturated carbocycles. The maximum atomic E-state index is 12.0. The van der Waals surface area contributed by atoms with Crippen molar-refractivity contribution in [2.45, 2.75) is 50.7 Å². The van der Waals surface area contributed by atoms with Crippen molar-refractivity contribution >= 4 is 5.78 Å². The molecule has 9 nitrogen and oxygen atoms in total. The second kappa shape index (κ2) is 7.18. The van der Waals surface area contributed by atoms with Crippen LogP contribution in [-0.2, 0) is 4.74 Å². The predicted octanol–water partition coefficient (Wildman–Crippen LogP) is -1.48. The summed E-state index contributed by atoms with van der Waals surface area (Å²) in [5.41, 5.74) is -1.90. The van der Waals surface area contributed by atoms with E-state index in [0.717, 1.165) is 17.2 Å². The van der Waals surface area contributed by atoms with Gasteiger partial charge in [0.15, 0.2) is 12.0 Å². The summed E-state index contributed by atoms with van der Waals surface area (Å²) in [6.07, 6.45) is -2.66. The molecule has 1 aliphatic heterocycles. The molecule has 0 bridgehead atoms. The van der Waals surface area contributed by atoms with Crippen LogP contribution in [-0.4, -0.2) is 55.6 Å². The Labute approximate surface area is 131 Å². The molecule has 0 aromatic carbocycles. The molecule has 128 valence electrons. The summed E-state index contributed by atoms with van der Waals surface area (Å²) in [6, 6.07) is 0. The van der Waals surface area contributed by atoms with Gasteiger partial charge in [0.05, 0.1) is 12.2 Å². The number of ether oxygens (including phenoxy) is 1. The van der Waals surface area contributed by atoms with E-state index >= 15 is 0 Å². The van der Waals surface area contributed by atoms with Crippen LogP contribution in [0.5, 0.6) is 0 Å². The zero-order valence-corrected chi connectivity index (χ0v) is 12.6. The number of aliphatic hydroxyl groups is 3. The molecule has 2 rings (SSSR count). The van der Waals surface area contributed by atoms with E-state index in [1.165, 1.54) is 0 Å². The van der Waals surface area contributed by atoms with Gasteiger partial charge in [-0.2, -0.15) is 0 Å². The molecule has 0 spiro atoms. The van der Waals surface area contributed by atoms with Crippen LogP contribution in [0.4, 0.5) is 0 Å². The van der Waals surface area contributed by atoms with Crippen LogP contribution in [0.3, 0.4) is 0 Å². The number of unbranched alkanes of at least 4 members (excludes halogenated alkanes) is 1. The van der Waals surface area contributed by atoms with Crippen LogP contribution < -0.4 is 11.2 Å². The predicted molar refractivity (Wildman–Crippen MR) is 78.2 cm³/mol. The van der Waals surface area contributed by atoms with Crippen molar-refractivity contribution in [2.24, 2.45) is 0 Å². The number of hydrogen-bond acceptors (Lipinski definition) is 7. The lowest BCUT2D eigenvalue weighted by molar-refractivity contribution is -0.0551. The maximum Gasteiger partial charge on any atom is 0.330 e. The van der Waals surface area contributed by atoms with Gasteiger partial charge in [-0.15, -0.1) is 0 Å². The van der Waals surface area contributed by atoms with Gasteiger partial charge >= 0.3 is 5.69 Å². The molecular formula is C14H20N2O7. The molecule has 4 N–H and O–H groups in total. The average Bonchev–Trinajstić information content (AvgIpc) is 2.80. The first-order valence-electron chi connectivity index (χ1n) is 7.41. The standard InChI is InChI=1S/C14H20N2O7/c1-2-3-4-8(18)7-5-16(14(22)15-12(7)21)13-11(20)10(19)9(6-17)23-13/h5,9-11,13,17,19-20H,2-4,6H2,1H3,(H,15,21,22)/t9-,10-,11-,13-/m1/s1. The van der Waals surface area contributed by atoms with E-state index in [9.17, 15) is 24.6 Å². The van der Waals surface area contributed by atoms with E-state index < -0.39 is 48.2 Å². The number of Topliss-reactive ketones (excluding diaryl/α,β-unsaturated/α-hetero) is 1. The molecular weight excluding hydrogens is 308 g/mol. The molecule has 1 aromatic heterocycles. The van der Waals surface area contributed by atoms with Crippen LogP contribution >= 0.6 is 0 Å². The van der Waals surface area contributed by atoms with Gasteiger partial charge in [0.2, 0.25) is 0 Å². The zero-order valence-electron chi connectivity index (χ0n) is 12.6. The van der Waals surface area contributed by atoms with Gasteiger partial charge in [-0.05, 0) is 6.42 Å². The zero-order chi connectivity index (χ0) is 17.1. The van der Waals surface area contributed by atoms with Crippen molar-refractivity contribution in [3.05, 3.63) is 32.6 Å². The fourth-order valence-corrected chi connectivity index (χ4v) is 2.45. The second-order valence-corrected chi connectivity index (χ2v) is 5.46. The van der Waals surface area contributed by atoms with Gasteiger partial charge in [-0.1, -0.05) is 13.3 Å². The largest absolute Gasteiger partial charge is 0.394 e. The molecule has 0 radical (unpaired) electrons. The second-order valence-electron chi connectivity index (χ2n) is 5.46. The normalized spacial score (nSPS) is 27.3. The molecule has 0 aliphatic carbocycles. The van der Waals surface area contributed by atoms with Crippen LogP contribution in [0.15, 0.2) is 15.8 Å². The minimum Gasteiger partial charge on any atom is -0.394 e. The number of rotatable bonds is 6. The molecule has 1 aromatic rings. The first-order chi connectivity index (χ1) is 10.9. The van der Waals surface area contributed by atoms with Crippen molar-refractivity contribution in [1.29, 1.82) is 0 Å². The van der Waals surface area contributed by atoms with Gasteiger partial charge in [0, 0.05) is 12.6 Å². The van der Waals surface area contributed by atoms with Gasteiger partial charge in [0.25, 0.3) is 5.56 Å². The third-order valence-electron chi connectivity index (χ3n) is 3.82. The molecule has 2 heterocycles. The summed E-state index contributed by atoms with van der Waals surface area (Å²) in [6.45, 7) is 1.35. The summed E-state index contributed by atoms with van der Waals surface area (Å²) in [7, 11) is 0. The third-order valence-corrected chi connectivity index (χ3v) is 3.82. The molecule has 4 atom stereocenters. The van der Waals surface area contributed by atoms with Crippen LogP contribution in [0.2, 0.25) is 0 Å². The summed E-state index contributed by atoms with van der Waals surface area (Å²) < 4.78 is 6.09. The third kappa shape index (κ3) is 3.42. The molecule has 9 heteroatoms. The molecule has 1 fully saturated rings. The van der Waals surface area contributed by atoms with Crippen molar-refractivity contribution in [3.8, 4) is 0 Å². The van der Waals surface area contributed by atoms with Crippen molar-refractivity contribution in [1.82, 2.24) is 9.55 Å². The number of nitrogens with one attached hydrogen (secondary N) is 1. The highest BCUT2D eigenvalue weighted by atomic mass is 16.6. The Kier molecular flexibility index (Phi) is 5.47. The maximum absolute atomic E-state index is 12.0. The van der Waals surface area contributed by atoms with E-state index in [2.05, 4.69) is 0 Å². The Morgan fingerprint density at radius 3 is 2.61 bits per heavy atom. The smallest absolute Gasteiger partial charge is 0.330 e. The molecule has 1 aliphatic rings. The molecule has 0 unspecified atom stereocenters. The quantitative estimate of drug-likeness (QED) is 0.467. The molecule has 0 amide bonds. The Hall–Kier alpha value is -1.81. The Morgan fingerprint density at radius 1 is 1.35 bits per heavy atom. The SMILES string of the molecule is CCCCC(=O)c1cn([C@@H]2O[C@H](CO)[C@@H](O)[C@H]2O)c(=O)[nH]c1=O. The van der Waals surface area contributed by atoms with E-state index in [1.807, 2.05) is 11.9 Å². The fraction of sp³-hybridized carbons (Fsp3) is 0.643. The van der Waals surface area contributed by atoms with E-state index in [-0.39, 0.29) is 12.0 Å². The number of carbonyl (C=O) groups excluding carboxylic acids is 1. The minimum atomic E-state index is -1.48. The lowest BCUT2D eigenvalue weighted by Crippen LogP contribution is -2.39.